The highest BCUT2D eigenvalue weighted by Crippen LogP contribution is 1.81. The topological polar surface area (TPSA) is 75.4 Å². The maximum Gasteiger partial charge on any atom is 0.261 e. The molecular weight excluding hydrogens is 131 g/mol. The Morgan fingerprint density at radius 3 is 2.62 bits per heavy atom. The summed E-state index contributed by atoms with van der Waals surface area (Å²) < 4.78 is 0. The van der Waals surface area contributed by atoms with Gasteiger partial charge in [-0.15, -0.1) is 11.6 Å². The van der Waals surface area contributed by atoms with Gasteiger partial charge in [-0.3, -0.25) is 10.0 Å². The molecule has 0 radical (unpaired) electrons. The standard InChI is InChI=1S/C3H7ClN2O2/c4-1-2(5)3(7)6-8/h2,8H,1,5H2,(H,6,7)/t2-/m0/s1. The summed E-state index contributed by atoms with van der Waals surface area (Å²) in [5, 5.41) is 7.90. The third-order valence-electron chi connectivity index (χ3n) is 0.613. The van der Waals surface area contributed by atoms with Crippen LogP contribution in [0.5, 0.6) is 0 Å². The highest BCUT2D eigenvalue weighted by molar-refractivity contribution is 6.19. The predicted octanol–water partition coefficient (Wildman–Crippen LogP) is -0.942. The summed E-state index contributed by atoms with van der Waals surface area (Å²) in [6, 6.07) is -0.818. The Kier molecular flexibility index (Phi) is 3.51. The number of hydroxylamine groups is 1. The Balaban J connectivity index is 3.46. The average Bonchev–Trinajstić information content (AvgIpc) is 1.84. The number of carbonyl (C=O) groups excluding carboxylic acids is 1. The van der Waals surface area contributed by atoms with Gasteiger partial charge in [0.25, 0.3) is 5.91 Å². The molecule has 0 fully saturated rings. The quantitative estimate of drug-likeness (QED) is 0.262. The number of amides is 1. The molecule has 5 heteroatoms. The van der Waals surface area contributed by atoms with E-state index in [0.717, 1.165) is 0 Å². The normalized spacial score (nSPS) is 12.9. The first kappa shape index (κ1) is 7.68. The minimum atomic E-state index is -0.818. The van der Waals surface area contributed by atoms with E-state index in [9.17, 15) is 4.79 Å². The molecule has 0 aliphatic rings. The van der Waals surface area contributed by atoms with Crippen LogP contribution < -0.4 is 11.2 Å². The molecule has 8 heavy (non-hydrogen) atoms. The molecule has 0 rings (SSSR count). The molecular formula is C3H7ClN2O2. The molecule has 0 aromatic heterocycles. The van der Waals surface area contributed by atoms with Gasteiger partial charge < -0.3 is 5.73 Å². The van der Waals surface area contributed by atoms with Crippen LogP contribution in [0.25, 0.3) is 0 Å². The fourth-order valence-corrected chi connectivity index (χ4v) is 0.293. The number of rotatable bonds is 2. The SMILES string of the molecule is N[C@@H](CCl)C(=O)NO. The van der Waals surface area contributed by atoms with Gasteiger partial charge >= 0.3 is 0 Å². The highest BCUT2D eigenvalue weighted by Gasteiger charge is 2.08. The highest BCUT2D eigenvalue weighted by atomic mass is 35.5. The average molecular weight is 139 g/mol. The lowest BCUT2D eigenvalue weighted by Crippen LogP contribution is -2.40. The van der Waals surface area contributed by atoms with E-state index in [1.54, 1.807) is 0 Å². The van der Waals surface area contributed by atoms with E-state index in [2.05, 4.69) is 0 Å². The zero-order chi connectivity index (χ0) is 6.57. The van der Waals surface area contributed by atoms with Crippen molar-refractivity contribution in [3.8, 4) is 0 Å². The van der Waals surface area contributed by atoms with Crippen LogP contribution in [0.15, 0.2) is 0 Å². The van der Waals surface area contributed by atoms with Crippen LogP contribution in [0.2, 0.25) is 0 Å². The molecule has 0 bridgehead atoms. The monoisotopic (exact) mass is 138 g/mol. The van der Waals surface area contributed by atoms with E-state index in [1.165, 1.54) is 5.48 Å². The fourth-order valence-electron chi connectivity index (χ4n) is 0.153. The Hall–Kier alpha value is -0.320. The van der Waals surface area contributed by atoms with Crippen molar-refractivity contribution in [1.82, 2.24) is 5.48 Å². The third kappa shape index (κ3) is 2.11. The third-order valence-corrected chi connectivity index (χ3v) is 0.946. The van der Waals surface area contributed by atoms with Crippen LogP contribution in [0.4, 0.5) is 0 Å². The van der Waals surface area contributed by atoms with Crippen molar-refractivity contribution in [2.45, 2.75) is 6.04 Å². The summed E-state index contributed by atoms with van der Waals surface area (Å²) in [7, 11) is 0. The van der Waals surface area contributed by atoms with Crippen LogP contribution in [0, 0.1) is 0 Å². The Morgan fingerprint density at radius 1 is 2.00 bits per heavy atom. The minimum Gasteiger partial charge on any atom is -0.319 e. The maximum atomic E-state index is 10.2. The van der Waals surface area contributed by atoms with Crippen molar-refractivity contribution in [3.05, 3.63) is 0 Å². The van der Waals surface area contributed by atoms with Gasteiger partial charge in [0.2, 0.25) is 0 Å². The number of carbonyl (C=O) groups is 1. The van der Waals surface area contributed by atoms with Crippen molar-refractivity contribution >= 4 is 17.5 Å². The van der Waals surface area contributed by atoms with Crippen LogP contribution in [-0.4, -0.2) is 23.0 Å². The van der Waals surface area contributed by atoms with Crippen molar-refractivity contribution < 1.29 is 10.0 Å². The van der Waals surface area contributed by atoms with E-state index in [4.69, 9.17) is 22.5 Å². The van der Waals surface area contributed by atoms with Gasteiger partial charge in [0, 0.05) is 5.88 Å². The molecule has 48 valence electrons. The molecule has 0 heterocycles. The van der Waals surface area contributed by atoms with E-state index in [-0.39, 0.29) is 5.88 Å². The summed E-state index contributed by atoms with van der Waals surface area (Å²) in [5.74, 6) is -0.660. The van der Waals surface area contributed by atoms with Gasteiger partial charge in [0.05, 0.1) is 6.04 Å². The molecule has 0 aliphatic carbocycles. The van der Waals surface area contributed by atoms with E-state index in [1.807, 2.05) is 0 Å². The zero-order valence-electron chi connectivity index (χ0n) is 4.10. The van der Waals surface area contributed by atoms with Gasteiger partial charge in [-0.2, -0.15) is 0 Å². The first-order valence-electron chi connectivity index (χ1n) is 1.98. The van der Waals surface area contributed by atoms with E-state index in [0.29, 0.717) is 0 Å². The summed E-state index contributed by atoms with van der Waals surface area (Å²) in [6.07, 6.45) is 0. The molecule has 0 aromatic carbocycles. The summed E-state index contributed by atoms with van der Waals surface area (Å²) in [4.78, 5) is 10.2. The van der Waals surface area contributed by atoms with E-state index >= 15 is 0 Å². The van der Waals surface area contributed by atoms with Crippen molar-refractivity contribution in [2.75, 3.05) is 5.88 Å². The summed E-state index contributed by atoms with van der Waals surface area (Å²) in [5.41, 5.74) is 6.39. The van der Waals surface area contributed by atoms with Gasteiger partial charge in [-0.1, -0.05) is 0 Å². The molecule has 0 saturated heterocycles. The lowest BCUT2D eigenvalue weighted by molar-refractivity contribution is -0.130. The van der Waals surface area contributed by atoms with Gasteiger partial charge in [-0.05, 0) is 0 Å². The largest absolute Gasteiger partial charge is 0.319 e. The lowest BCUT2D eigenvalue weighted by Gasteiger charge is -2.01. The van der Waals surface area contributed by atoms with Crippen LogP contribution in [0.1, 0.15) is 0 Å². The molecule has 0 unspecified atom stereocenters. The zero-order valence-corrected chi connectivity index (χ0v) is 4.85. The lowest BCUT2D eigenvalue weighted by atomic mass is 10.3. The minimum absolute atomic E-state index is 0.00634. The fraction of sp³-hybridized carbons (Fsp3) is 0.667. The number of hydrogen-bond donors (Lipinski definition) is 3. The molecule has 0 aliphatic heterocycles. The first-order valence-corrected chi connectivity index (χ1v) is 2.51. The molecule has 1 amide bonds. The second-order valence-corrected chi connectivity index (χ2v) is 1.55. The van der Waals surface area contributed by atoms with Crippen molar-refractivity contribution in [3.63, 3.8) is 0 Å². The van der Waals surface area contributed by atoms with Crippen LogP contribution in [-0.2, 0) is 4.79 Å². The number of nitrogens with two attached hydrogens (primary N) is 1. The first-order chi connectivity index (χ1) is 3.72. The number of alkyl halides is 1. The van der Waals surface area contributed by atoms with E-state index < -0.39 is 11.9 Å². The Labute approximate surface area is 51.6 Å². The molecule has 4 N–H and O–H groups in total. The predicted molar refractivity (Wildman–Crippen MR) is 28.6 cm³/mol. The van der Waals surface area contributed by atoms with Gasteiger partial charge in [0.1, 0.15) is 0 Å². The molecule has 0 saturated carbocycles. The van der Waals surface area contributed by atoms with Gasteiger partial charge in [-0.25, -0.2) is 5.48 Å². The smallest absolute Gasteiger partial charge is 0.261 e. The second-order valence-electron chi connectivity index (χ2n) is 1.24. The summed E-state index contributed by atoms with van der Waals surface area (Å²) >= 11 is 5.13. The van der Waals surface area contributed by atoms with Crippen molar-refractivity contribution in [2.24, 2.45) is 5.73 Å². The second kappa shape index (κ2) is 3.65. The molecule has 1 atom stereocenters. The maximum absolute atomic E-state index is 10.2. The number of nitrogens with one attached hydrogen (secondary N) is 1. The van der Waals surface area contributed by atoms with Crippen LogP contribution in [0.3, 0.4) is 0 Å². The molecule has 4 nitrogen and oxygen atoms in total. The molecule has 0 spiro atoms. The Bertz CT molecular complexity index is 87.4. The van der Waals surface area contributed by atoms with Crippen molar-refractivity contribution in [1.29, 1.82) is 0 Å². The summed E-state index contributed by atoms with van der Waals surface area (Å²) in [6.45, 7) is 0. The van der Waals surface area contributed by atoms with Gasteiger partial charge in [0.15, 0.2) is 0 Å². The Morgan fingerprint density at radius 2 is 2.50 bits per heavy atom. The number of halogens is 1. The molecule has 0 aromatic rings. The van der Waals surface area contributed by atoms with Crippen LogP contribution >= 0.6 is 11.6 Å². The number of hydrogen-bond acceptors (Lipinski definition) is 3.